The van der Waals surface area contributed by atoms with Gasteiger partial charge >= 0.3 is 5.97 Å². The Morgan fingerprint density at radius 1 is 1.53 bits per heavy atom. The molecule has 0 aliphatic heterocycles. The van der Waals surface area contributed by atoms with Crippen molar-refractivity contribution in [2.24, 2.45) is 7.05 Å². The van der Waals surface area contributed by atoms with Gasteiger partial charge in [-0.1, -0.05) is 17.7 Å². The first-order valence-corrected chi connectivity index (χ1v) is 6.14. The summed E-state index contributed by atoms with van der Waals surface area (Å²) in [5.74, 6) is 0.373. The van der Waals surface area contributed by atoms with E-state index in [-0.39, 0.29) is 17.2 Å². The van der Waals surface area contributed by atoms with Crippen molar-refractivity contribution in [3.8, 4) is 0 Å². The van der Waals surface area contributed by atoms with E-state index in [2.05, 4.69) is 4.98 Å². The molecule has 0 fully saturated rings. The van der Waals surface area contributed by atoms with Crippen LogP contribution in [0.4, 0.5) is 5.69 Å². The van der Waals surface area contributed by atoms with Crippen molar-refractivity contribution >= 4 is 23.3 Å². The van der Waals surface area contributed by atoms with Crippen LogP contribution < -0.4 is 5.73 Å². The Labute approximate surface area is 116 Å². The minimum Gasteiger partial charge on any atom is -0.462 e. The lowest BCUT2D eigenvalue weighted by atomic mass is 10.2. The summed E-state index contributed by atoms with van der Waals surface area (Å²) in [7, 11) is 1.89. The summed E-state index contributed by atoms with van der Waals surface area (Å²) in [5, 5.41) is 0.226. The fraction of sp³-hybridized carbons (Fsp3) is 0.231. The second-order valence-electron chi connectivity index (χ2n) is 4.05. The summed E-state index contributed by atoms with van der Waals surface area (Å²) in [6, 6.07) is 4.88. The second kappa shape index (κ2) is 5.75. The molecule has 0 amide bonds. The lowest BCUT2D eigenvalue weighted by Crippen LogP contribution is -2.11. The van der Waals surface area contributed by atoms with Crippen LogP contribution in [0.1, 0.15) is 16.2 Å². The Hall–Kier alpha value is -2.01. The molecule has 6 heteroatoms. The average Bonchev–Trinajstić information content (AvgIpc) is 2.78. The predicted molar refractivity (Wildman–Crippen MR) is 73.1 cm³/mol. The van der Waals surface area contributed by atoms with Gasteiger partial charge in [0.15, 0.2) is 0 Å². The molecule has 0 saturated heterocycles. The van der Waals surface area contributed by atoms with E-state index in [1.807, 2.05) is 17.8 Å². The van der Waals surface area contributed by atoms with E-state index < -0.39 is 5.97 Å². The van der Waals surface area contributed by atoms with Crippen molar-refractivity contribution in [3.05, 3.63) is 47.0 Å². The minimum absolute atomic E-state index is 0.226. The SMILES string of the molecule is Cn1ccnc1CCOC(=O)c1cccc(N)c1Cl. The van der Waals surface area contributed by atoms with Gasteiger partial charge in [0, 0.05) is 25.9 Å². The molecular formula is C13H14ClN3O2. The first kappa shape index (κ1) is 13.4. The number of nitrogens with zero attached hydrogens (tertiary/aromatic N) is 2. The first-order valence-electron chi connectivity index (χ1n) is 5.77. The smallest absolute Gasteiger partial charge is 0.339 e. The first-order chi connectivity index (χ1) is 9.09. The van der Waals surface area contributed by atoms with E-state index >= 15 is 0 Å². The van der Waals surface area contributed by atoms with Gasteiger partial charge in [0.2, 0.25) is 0 Å². The third kappa shape index (κ3) is 3.06. The van der Waals surface area contributed by atoms with Gasteiger partial charge < -0.3 is 15.0 Å². The Bertz CT molecular complexity index is 595. The number of esters is 1. The number of hydrogen-bond donors (Lipinski definition) is 1. The number of imidazole rings is 1. The molecule has 0 aliphatic rings. The number of hydrogen-bond acceptors (Lipinski definition) is 4. The molecule has 0 aliphatic carbocycles. The molecule has 19 heavy (non-hydrogen) atoms. The Balaban J connectivity index is 1.95. The molecule has 100 valence electrons. The maximum Gasteiger partial charge on any atom is 0.339 e. The third-order valence-corrected chi connectivity index (χ3v) is 3.15. The maximum absolute atomic E-state index is 11.8. The fourth-order valence-corrected chi connectivity index (χ4v) is 1.86. The zero-order chi connectivity index (χ0) is 13.8. The number of nitrogen functional groups attached to an aromatic ring is 1. The average molecular weight is 280 g/mol. The summed E-state index contributed by atoms with van der Waals surface area (Å²) in [6.45, 7) is 0.245. The summed E-state index contributed by atoms with van der Waals surface area (Å²) >= 11 is 5.95. The highest BCUT2D eigenvalue weighted by atomic mass is 35.5. The zero-order valence-electron chi connectivity index (χ0n) is 10.5. The van der Waals surface area contributed by atoms with Crippen molar-refractivity contribution in [2.45, 2.75) is 6.42 Å². The monoisotopic (exact) mass is 279 g/mol. The van der Waals surface area contributed by atoms with Gasteiger partial charge in [-0.2, -0.15) is 0 Å². The van der Waals surface area contributed by atoms with Gasteiger partial charge in [0.1, 0.15) is 5.82 Å². The van der Waals surface area contributed by atoms with E-state index in [0.717, 1.165) is 5.82 Å². The molecule has 0 saturated carbocycles. The van der Waals surface area contributed by atoms with Crippen LogP contribution in [0.2, 0.25) is 5.02 Å². The van der Waals surface area contributed by atoms with Crippen LogP contribution in [0.3, 0.4) is 0 Å². The number of halogens is 1. The highest BCUT2D eigenvalue weighted by molar-refractivity contribution is 6.36. The van der Waals surface area contributed by atoms with Crippen LogP contribution in [-0.4, -0.2) is 22.1 Å². The van der Waals surface area contributed by atoms with Crippen molar-refractivity contribution < 1.29 is 9.53 Å². The molecule has 0 radical (unpaired) electrons. The highest BCUT2D eigenvalue weighted by Gasteiger charge is 2.13. The van der Waals surface area contributed by atoms with Crippen LogP contribution in [0, 0.1) is 0 Å². The number of nitrogens with two attached hydrogens (primary N) is 1. The van der Waals surface area contributed by atoms with Crippen LogP contribution in [-0.2, 0) is 18.2 Å². The standard InChI is InChI=1S/C13H14ClN3O2/c1-17-7-6-16-11(17)5-8-19-13(18)9-3-2-4-10(15)12(9)14/h2-4,6-7H,5,8,15H2,1H3. The zero-order valence-corrected chi connectivity index (χ0v) is 11.2. The molecule has 0 atom stereocenters. The van der Waals surface area contributed by atoms with E-state index in [1.165, 1.54) is 0 Å². The van der Waals surface area contributed by atoms with Crippen molar-refractivity contribution in [1.29, 1.82) is 0 Å². The van der Waals surface area contributed by atoms with E-state index in [1.54, 1.807) is 24.4 Å². The molecule has 1 heterocycles. The molecule has 2 aromatic rings. The second-order valence-corrected chi connectivity index (χ2v) is 4.43. The lowest BCUT2D eigenvalue weighted by molar-refractivity contribution is 0.0507. The van der Waals surface area contributed by atoms with Crippen molar-refractivity contribution in [2.75, 3.05) is 12.3 Å². The number of aromatic nitrogens is 2. The number of ether oxygens (including phenoxy) is 1. The molecule has 2 rings (SSSR count). The molecule has 0 bridgehead atoms. The van der Waals surface area contributed by atoms with Gasteiger partial charge in [-0.25, -0.2) is 9.78 Å². The number of anilines is 1. The molecular weight excluding hydrogens is 266 g/mol. The summed E-state index contributed by atoms with van der Waals surface area (Å²) in [6.07, 6.45) is 4.09. The largest absolute Gasteiger partial charge is 0.462 e. The van der Waals surface area contributed by atoms with Gasteiger partial charge in [-0.3, -0.25) is 0 Å². The molecule has 1 aromatic carbocycles. The fourth-order valence-electron chi connectivity index (χ4n) is 1.66. The van der Waals surface area contributed by atoms with Gasteiger partial charge in [0.25, 0.3) is 0 Å². The molecule has 0 unspecified atom stereocenters. The van der Waals surface area contributed by atoms with Gasteiger partial charge in [-0.15, -0.1) is 0 Å². The number of benzene rings is 1. The Morgan fingerprint density at radius 3 is 3.00 bits per heavy atom. The highest BCUT2D eigenvalue weighted by Crippen LogP contribution is 2.23. The van der Waals surface area contributed by atoms with Crippen LogP contribution in [0.15, 0.2) is 30.6 Å². The van der Waals surface area contributed by atoms with Crippen LogP contribution >= 0.6 is 11.6 Å². The molecule has 0 spiro atoms. The Kier molecular flexibility index (Phi) is 4.06. The summed E-state index contributed by atoms with van der Waals surface area (Å²) in [5.41, 5.74) is 6.27. The van der Waals surface area contributed by atoms with E-state index in [4.69, 9.17) is 22.1 Å². The molecule has 2 N–H and O–H groups in total. The number of carbonyl (C=O) groups excluding carboxylic acids is 1. The summed E-state index contributed by atoms with van der Waals surface area (Å²) < 4.78 is 7.04. The van der Waals surface area contributed by atoms with Crippen molar-refractivity contribution in [3.63, 3.8) is 0 Å². The quantitative estimate of drug-likeness (QED) is 0.687. The number of aryl methyl sites for hydroxylation is 1. The van der Waals surface area contributed by atoms with E-state index in [9.17, 15) is 4.79 Å². The number of carbonyl (C=O) groups is 1. The molecule has 1 aromatic heterocycles. The van der Waals surface area contributed by atoms with Crippen molar-refractivity contribution in [1.82, 2.24) is 9.55 Å². The number of rotatable bonds is 4. The third-order valence-electron chi connectivity index (χ3n) is 2.73. The maximum atomic E-state index is 11.8. The van der Waals surface area contributed by atoms with Gasteiger partial charge in [-0.05, 0) is 12.1 Å². The lowest BCUT2D eigenvalue weighted by Gasteiger charge is -2.07. The van der Waals surface area contributed by atoms with Crippen LogP contribution in [0.25, 0.3) is 0 Å². The normalized spacial score (nSPS) is 10.4. The van der Waals surface area contributed by atoms with E-state index in [0.29, 0.717) is 12.1 Å². The minimum atomic E-state index is -0.480. The topological polar surface area (TPSA) is 70.1 Å². The Morgan fingerprint density at radius 2 is 2.32 bits per heavy atom. The van der Waals surface area contributed by atoms with Crippen LogP contribution in [0.5, 0.6) is 0 Å². The predicted octanol–water partition coefficient (Wildman–Crippen LogP) is 2.06. The summed E-state index contributed by atoms with van der Waals surface area (Å²) in [4.78, 5) is 16.0. The molecule has 5 nitrogen and oxygen atoms in total. The van der Waals surface area contributed by atoms with Gasteiger partial charge in [0.05, 0.1) is 22.9 Å².